The Kier molecular flexibility index (Phi) is 9.40. The lowest BCUT2D eigenvalue weighted by molar-refractivity contribution is -0.197. The number of hydrogen-bond donors (Lipinski definition) is 1. The van der Waals surface area contributed by atoms with Gasteiger partial charge in [-0.15, -0.1) is 0 Å². The van der Waals surface area contributed by atoms with Gasteiger partial charge >= 0.3 is 33.3 Å². The van der Waals surface area contributed by atoms with Crippen molar-refractivity contribution in [3.05, 3.63) is 0 Å². The Morgan fingerprint density at radius 1 is 0.929 bits per heavy atom. The Bertz CT molecular complexity index is 1160. The number of carbonyl (C=O) groups excluding carboxylic acids is 3. The molecule has 12 heteroatoms. The first-order valence-corrected chi connectivity index (χ1v) is 16.7. The Balaban J connectivity index is 1.44. The van der Waals surface area contributed by atoms with E-state index in [1.807, 2.05) is 0 Å². The van der Waals surface area contributed by atoms with Crippen molar-refractivity contribution in [3.8, 4) is 0 Å². The van der Waals surface area contributed by atoms with Crippen molar-refractivity contribution in [2.75, 3.05) is 6.61 Å². The summed E-state index contributed by atoms with van der Waals surface area (Å²) in [5.74, 6) is 0.316. The summed E-state index contributed by atoms with van der Waals surface area (Å²) in [6.07, 6.45) is 7.20. The van der Waals surface area contributed by atoms with Crippen LogP contribution >= 0.6 is 0 Å². The lowest BCUT2D eigenvalue weighted by atomic mass is 9.43. The normalized spacial score (nSPS) is 38.8. The van der Waals surface area contributed by atoms with Crippen LogP contribution in [0.5, 0.6) is 0 Å². The first kappa shape index (κ1) is 33.1. The van der Waals surface area contributed by atoms with E-state index in [0.717, 1.165) is 44.9 Å². The van der Waals surface area contributed by atoms with Crippen LogP contribution in [0.15, 0.2) is 0 Å². The van der Waals surface area contributed by atoms with Gasteiger partial charge in [-0.05, 0) is 98.2 Å². The highest BCUT2D eigenvalue weighted by atomic mass is 32.2. The minimum atomic E-state index is -5.66. The second-order valence-electron chi connectivity index (χ2n) is 13.9. The molecule has 240 valence electrons. The molecule has 0 aromatic rings. The lowest BCUT2D eigenvalue weighted by Gasteiger charge is -2.62. The van der Waals surface area contributed by atoms with Crippen molar-refractivity contribution in [2.45, 2.75) is 116 Å². The molecular weight excluding hydrogens is 574 g/mol. The van der Waals surface area contributed by atoms with E-state index >= 15 is 0 Å². The first-order valence-electron chi connectivity index (χ1n) is 15.2. The molecule has 4 rings (SSSR count). The van der Waals surface area contributed by atoms with Crippen molar-refractivity contribution >= 4 is 28.0 Å². The molecule has 0 aliphatic heterocycles. The number of fused-ring (bicyclic) bond motifs is 5. The summed E-state index contributed by atoms with van der Waals surface area (Å²) < 4.78 is 73.1. The number of rotatable bonds is 9. The van der Waals surface area contributed by atoms with Gasteiger partial charge in [0.15, 0.2) is 6.61 Å². The third-order valence-corrected chi connectivity index (χ3v) is 12.5. The fourth-order valence-electron chi connectivity index (χ4n) is 9.75. The summed E-state index contributed by atoms with van der Waals surface area (Å²) in [5.41, 5.74) is -0.0139. The van der Waals surface area contributed by atoms with Crippen LogP contribution in [0.25, 0.3) is 0 Å². The number of carbonyl (C=O) groups is 3. The minimum Gasteiger partial charge on any atom is -0.463 e. The number of hydrogen-bond acceptors (Lipinski definition) is 8. The molecule has 0 radical (unpaired) electrons. The third kappa shape index (κ3) is 6.35. The maximum atomic E-state index is 13.4. The highest BCUT2D eigenvalue weighted by Gasteiger charge is 2.63. The Morgan fingerprint density at radius 2 is 1.55 bits per heavy atom. The van der Waals surface area contributed by atoms with Crippen LogP contribution in [0.2, 0.25) is 0 Å². The molecule has 4 fully saturated rings. The van der Waals surface area contributed by atoms with Gasteiger partial charge in [0, 0.05) is 26.2 Å². The monoisotopic (exact) mass is 620 g/mol. The molecule has 9 nitrogen and oxygen atoms in total. The largest absolute Gasteiger partial charge is 0.463 e. The quantitative estimate of drug-likeness (QED) is 0.200. The summed E-state index contributed by atoms with van der Waals surface area (Å²) in [5, 5.41) is -4.54. The van der Waals surface area contributed by atoms with E-state index in [4.69, 9.17) is 14.0 Å². The molecule has 4 saturated carbocycles. The summed E-state index contributed by atoms with van der Waals surface area (Å²) in [6.45, 7) is 7.91. The second kappa shape index (κ2) is 11.9. The number of ether oxygens (including phenoxy) is 3. The van der Waals surface area contributed by atoms with E-state index < -0.39 is 27.9 Å². The molecule has 4 aliphatic carbocycles. The number of alkyl halides is 2. The van der Waals surface area contributed by atoms with Crippen LogP contribution in [-0.2, 0) is 38.7 Å². The van der Waals surface area contributed by atoms with Gasteiger partial charge in [0.25, 0.3) is 0 Å². The van der Waals surface area contributed by atoms with E-state index in [-0.39, 0.29) is 53.2 Å². The van der Waals surface area contributed by atoms with Crippen LogP contribution in [0.1, 0.15) is 98.8 Å². The number of esters is 3. The van der Waals surface area contributed by atoms with Gasteiger partial charge in [-0.25, -0.2) is 0 Å². The van der Waals surface area contributed by atoms with Crippen molar-refractivity contribution in [2.24, 2.45) is 46.3 Å². The van der Waals surface area contributed by atoms with Crippen LogP contribution in [-0.4, -0.2) is 54.9 Å². The maximum absolute atomic E-state index is 13.4. The van der Waals surface area contributed by atoms with Crippen molar-refractivity contribution in [1.82, 2.24) is 0 Å². The van der Waals surface area contributed by atoms with E-state index in [9.17, 15) is 31.6 Å². The lowest BCUT2D eigenvalue weighted by Crippen LogP contribution is -2.59. The Morgan fingerprint density at radius 3 is 2.17 bits per heavy atom. The van der Waals surface area contributed by atoms with Gasteiger partial charge in [-0.2, -0.15) is 17.2 Å². The Hall–Kier alpha value is -1.82. The summed E-state index contributed by atoms with van der Waals surface area (Å²) in [4.78, 5) is 36.0. The van der Waals surface area contributed by atoms with E-state index in [2.05, 4.69) is 25.5 Å². The van der Waals surface area contributed by atoms with Crippen LogP contribution in [0.4, 0.5) is 8.78 Å². The Labute approximate surface area is 247 Å². The SMILES string of the molecule is CC(=O)O[C@@H]1CC[C@@]2(C)C(C1)[C@@H](OC(C)=O)C[C@H]1[C@@H]3CC[C@H]([C@H](C)CCC(=O)OCC(F)(F)S(=O)(=O)O)[C@@]3(C)CC[C@@H]12. The minimum absolute atomic E-state index is 0.0153. The molecule has 4 aliphatic rings. The van der Waals surface area contributed by atoms with E-state index in [1.54, 1.807) is 0 Å². The topological polar surface area (TPSA) is 133 Å². The van der Waals surface area contributed by atoms with Crippen molar-refractivity contribution in [1.29, 1.82) is 0 Å². The first-order chi connectivity index (χ1) is 19.4. The van der Waals surface area contributed by atoms with Crippen LogP contribution in [0.3, 0.4) is 0 Å². The molecule has 0 amide bonds. The van der Waals surface area contributed by atoms with Gasteiger partial charge < -0.3 is 14.2 Å². The van der Waals surface area contributed by atoms with Gasteiger partial charge in [0.2, 0.25) is 0 Å². The number of halogens is 2. The van der Waals surface area contributed by atoms with E-state index in [1.165, 1.54) is 13.8 Å². The molecule has 1 unspecified atom stereocenters. The molecule has 0 saturated heterocycles. The average molecular weight is 621 g/mol. The zero-order valence-electron chi connectivity index (χ0n) is 25.3. The van der Waals surface area contributed by atoms with Crippen LogP contribution < -0.4 is 0 Å². The second-order valence-corrected chi connectivity index (χ2v) is 15.4. The maximum Gasteiger partial charge on any atom is 0.402 e. The molecule has 0 aromatic heterocycles. The molecule has 42 heavy (non-hydrogen) atoms. The average Bonchev–Trinajstić information content (AvgIpc) is 3.23. The molecule has 0 bridgehead atoms. The predicted molar refractivity (Wildman–Crippen MR) is 148 cm³/mol. The summed E-state index contributed by atoms with van der Waals surface area (Å²) in [7, 11) is -5.66. The fraction of sp³-hybridized carbons (Fsp3) is 0.900. The third-order valence-electron chi connectivity index (χ3n) is 11.6. The zero-order chi connectivity index (χ0) is 31.3. The standard InChI is InChI=1S/C30H46F2O9S/c1-17(6-9-27(35)39-16-30(31,32)42(36,37)38)22-7-8-23-21-15-26(41-19(3)34)25-14-20(40-18(2)33)10-12-29(25,5)24(21)11-13-28(22,23)4/h17,20-26H,6-16H2,1-5H3,(H,36,37,38)/t17-,20-,21+,22-,23+,24+,25?,26+,28-,29-/m1/s1. The van der Waals surface area contributed by atoms with Crippen molar-refractivity contribution in [3.63, 3.8) is 0 Å². The molecule has 0 spiro atoms. The van der Waals surface area contributed by atoms with E-state index in [0.29, 0.717) is 36.5 Å². The summed E-state index contributed by atoms with van der Waals surface area (Å²) in [6, 6.07) is 0. The van der Waals surface area contributed by atoms with Crippen molar-refractivity contribution < 1.29 is 50.3 Å². The van der Waals surface area contributed by atoms with Gasteiger partial charge in [-0.3, -0.25) is 18.9 Å². The highest BCUT2D eigenvalue weighted by Crippen LogP contribution is 2.68. The smallest absolute Gasteiger partial charge is 0.402 e. The predicted octanol–water partition coefficient (Wildman–Crippen LogP) is 5.56. The zero-order valence-corrected chi connectivity index (χ0v) is 26.1. The molecule has 1 N–H and O–H groups in total. The molecule has 0 aromatic carbocycles. The molecule has 0 heterocycles. The fourth-order valence-corrected chi connectivity index (χ4v) is 9.96. The highest BCUT2D eigenvalue weighted by molar-refractivity contribution is 7.86. The van der Waals surface area contributed by atoms with Crippen LogP contribution in [0, 0.1) is 46.3 Å². The van der Waals surface area contributed by atoms with Gasteiger partial charge in [0.05, 0.1) is 0 Å². The summed E-state index contributed by atoms with van der Waals surface area (Å²) >= 11 is 0. The molecule has 10 atom stereocenters. The van der Waals surface area contributed by atoms with Gasteiger partial charge in [-0.1, -0.05) is 20.8 Å². The van der Waals surface area contributed by atoms with Gasteiger partial charge in [0.1, 0.15) is 12.2 Å². The molecular formula is C30H46F2O9S.